The minimum atomic E-state index is -0.160. The molecule has 1 saturated heterocycles. The van der Waals surface area contributed by atoms with E-state index in [1.807, 2.05) is 32.4 Å². The van der Waals surface area contributed by atoms with Crippen LogP contribution in [0.1, 0.15) is 23.7 Å². The van der Waals surface area contributed by atoms with Crippen LogP contribution in [-0.4, -0.2) is 61.1 Å². The van der Waals surface area contributed by atoms with Crippen LogP contribution in [0.4, 0.5) is 5.82 Å². The van der Waals surface area contributed by atoms with Gasteiger partial charge in [-0.1, -0.05) is 0 Å². The molecule has 164 valence electrons. The Balaban J connectivity index is 1.60. The van der Waals surface area contributed by atoms with E-state index in [0.717, 1.165) is 41.2 Å². The Labute approximate surface area is 184 Å². The van der Waals surface area contributed by atoms with Gasteiger partial charge in [-0.15, -0.1) is 0 Å². The summed E-state index contributed by atoms with van der Waals surface area (Å²) >= 11 is 0. The number of pyridine rings is 1. The van der Waals surface area contributed by atoms with Gasteiger partial charge in [0.2, 0.25) is 0 Å². The number of fused-ring (bicyclic) bond motifs is 1. The fraction of sp³-hybridized carbons (Fsp3) is 0.318. The number of nitrogens with zero attached hydrogens (tertiary/aromatic N) is 6. The lowest BCUT2D eigenvalue weighted by atomic mass is 10.1. The molecule has 0 aromatic carbocycles. The highest BCUT2D eigenvalue weighted by Gasteiger charge is 2.21. The number of aromatic nitrogens is 6. The first kappa shape index (κ1) is 20.1. The Morgan fingerprint density at radius 3 is 2.94 bits per heavy atom. The molecule has 5 rings (SSSR count). The van der Waals surface area contributed by atoms with Crippen molar-refractivity contribution in [1.82, 2.24) is 34.7 Å². The van der Waals surface area contributed by atoms with Crippen LogP contribution in [-0.2, 0) is 11.8 Å². The number of carbonyl (C=O) groups is 1. The second-order valence-electron chi connectivity index (χ2n) is 7.73. The predicted octanol–water partition coefficient (Wildman–Crippen LogP) is 2.14. The number of rotatable bonds is 6. The Kier molecular flexibility index (Phi) is 5.28. The summed E-state index contributed by atoms with van der Waals surface area (Å²) in [6.45, 7) is 3.80. The molecule has 1 amide bonds. The van der Waals surface area contributed by atoms with Gasteiger partial charge in [-0.3, -0.25) is 14.5 Å². The SMILES string of the molecule is CCNC(=O)c1cncc(-c2cnn3cc(-c4ccn(C)n4)c(N[C@H]4CCOC4)nc23)c1. The zero-order chi connectivity index (χ0) is 22.1. The first-order chi connectivity index (χ1) is 15.6. The van der Waals surface area contributed by atoms with Crippen molar-refractivity contribution in [2.45, 2.75) is 19.4 Å². The third-order valence-corrected chi connectivity index (χ3v) is 5.40. The van der Waals surface area contributed by atoms with Gasteiger partial charge in [-0.2, -0.15) is 10.2 Å². The van der Waals surface area contributed by atoms with Crippen LogP contribution < -0.4 is 10.6 Å². The molecule has 1 aliphatic rings. The fourth-order valence-electron chi connectivity index (χ4n) is 3.79. The smallest absolute Gasteiger partial charge is 0.252 e. The lowest BCUT2D eigenvalue weighted by Crippen LogP contribution is -2.22. The molecule has 10 nitrogen and oxygen atoms in total. The summed E-state index contributed by atoms with van der Waals surface area (Å²) in [5.74, 6) is 0.564. The topological polar surface area (TPSA) is 111 Å². The predicted molar refractivity (Wildman–Crippen MR) is 119 cm³/mol. The molecule has 0 spiro atoms. The van der Waals surface area contributed by atoms with Crippen molar-refractivity contribution in [1.29, 1.82) is 0 Å². The highest BCUT2D eigenvalue weighted by Crippen LogP contribution is 2.31. The summed E-state index contributed by atoms with van der Waals surface area (Å²) in [6.07, 6.45) is 9.75. The number of nitrogens with one attached hydrogen (secondary N) is 2. The van der Waals surface area contributed by atoms with Crippen LogP contribution in [0.5, 0.6) is 0 Å². The summed E-state index contributed by atoms with van der Waals surface area (Å²) in [5, 5.41) is 15.4. The van der Waals surface area contributed by atoms with E-state index in [1.54, 1.807) is 33.9 Å². The van der Waals surface area contributed by atoms with Crippen LogP contribution in [0, 0.1) is 0 Å². The summed E-state index contributed by atoms with van der Waals surface area (Å²) in [6, 6.07) is 3.94. The van der Waals surface area contributed by atoms with Gasteiger partial charge in [0.15, 0.2) is 5.65 Å². The van der Waals surface area contributed by atoms with Gasteiger partial charge in [-0.25, -0.2) is 9.50 Å². The maximum atomic E-state index is 12.3. The van der Waals surface area contributed by atoms with Crippen LogP contribution in [0.3, 0.4) is 0 Å². The molecule has 0 aliphatic carbocycles. The second kappa shape index (κ2) is 8.39. The minimum absolute atomic E-state index is 0.160. The molecular weight excluding hydrogens is 408 g/mol. The quantitative estimate of drug-likeness (QED) is 0.480. The Bertz CT molecular complexity index is 1270. The molecule has 32 heavy (non-hydrogen) atoms. The number of hydrogen-bond acceptors (Lipinski definition) is 7. The lowest BCUT2D eigenvalue weighted by molar-refractivity contribution is 0.0955. The second-order valence-corrected chi connectivity index (χ2v) is 7.73. The summed E-state index contributed by atoms with van der Waals surface area (Å²) in [4.78, 5) is 21.4. The van der Waals surface area contributed by atoms with E-state index in [-0.39, 0.29) is 11.9 Å². The number of amides is 1. The maximum Gasteiger partial charge on any atom is 0.252 e. The van der Waals surface area contributed by atoms with E-state index in [1.165, 1.54) is 0 Å². The fourth-order valence-corrected chi connectivity index (χ4v) is 3.79. The van der Waals surface area contributed by atoms with Crippen molar-refractivity contribution in [2.75, 3.05) is 25.1 Å². The van der Waals surface area contributed by atoms with E-state index in [2.05, 4.69) is 25.8 Å². The standard InChI is InChI=1S/C22H24N8O2/c1-3-24-22(31)15-8-14(9-23-10-15)17-11-25-30-12-18(19-4-6-29(2)28-19)20(27-21(17)30)26-16-5-7-32-13-16/h4,6,8-12,16H,3,5,7,13H2,1-2H3,(H,24,31)(H,26,27)/t16-/m0/s1. The van der Waals surface area contributed by atoms with E-state index < -0.39 is 0 Å². The molecule has 0 radical (unpaired) electrons. The molecule has 1 atom stereocenters. The van der Waals surface area contributed by atoms with Gasteiger partial charge in [0.1, 0.15) is 5.82 Å². The summed E-state index contributed by atoms with van der Waals surface area (Å²) in [7, 11) is 1.88. The molecule has 10 heteroatoms. The molecule has 0 saturated carbocycles. The molecule has 1 fully saturated rings. The van der Waals surface area contributed by atoms with Crippen LogP contribution in [0.2, 0.25) is 0 Å². The average molecular weight is 432 g/mol. The summed E-state index contributed by atoms with van der Waals surface area (Å²) in [5.41, 5.74) is 4.39. The van der Waals surface area contributed by atoms with Crippen LogP contribution in [0.15, 0.2) is 43.1 Å². The van der Waals surface area contributed by atoms with Gasteiger partial charge >= 0.3 is 0 Å². The first-order valence-corrected chi connectivity index (χ1v) is 10.6. The number of hydrogen-bond donors (Lipinski definition) is 2. The number of ether oxygens (including phenoxy) is 1. The van der Waals surface area contributed by atoms with Crippen molar-refractivity contribution in [3.05, 3.63) is 48.7 Å². The monoisotopic (exact) mass is 432 g/mol. The highest BCUT2D eigenvalue weighted by molar-refractivity contribution is 5.95. The van der Waals surface area contributed by atoms with E-state index in [4.69, 9.17) is 9.72 Å². The van der Waals surface area contributed by atoms with Crippen LogP contribution >= 0.6 is 0 Å². The maximum absolute atomic E-state index is 12.3. The molecule has 4 aromatic rings. The van der Waals surface area contributed by atoms with Gasteiger partial charge in [0.25, 0.3) is 5.91 Å². The van der Waals surface area contributed by atoms with Gasteiger partial charge in [0, 0.05) is 56.1 Å². The van der Waals surface area contributed by atoms with Gasteiger partial charge < -0.3 is 15.4 Å². The minimum Gasteiger partial charge on any atom is -0.379 e. The average Bonchev–Trinajstić information content (AvgIpc) is 3.55. The Morgan fingerprint density at radius 2 is 2.19 bits per heavy atom. The van der Waals surface area contributed by atoms with Crippen molar-refractivity contribution in [3.63, 3.8) is 0 Å². The largest absolute Gasteiger partial charge is 0.379 e. The van der Waals surface area contributed by atoms with Crippen LogP contribution in [0.25, 0.3) is 28.0 Å². The van der Waals surface area contributed by atoms with E-state index in [9.17, 15) is 4.79 Å². The van der Waals surface area contributed by atoms with Gasteiger partial charge in [0.05, 0.1) is 35.7 Å². The van der Waals surface area contributed by atoms with Crippen molar-refractivity contribution in [2.24, 2.45) is 7.05 Å². The molecule has 1 aliphatic heterocycles. The zero-order valence-corrected chi connectivity index (χ0v) is 17.9. The summed E-state index contributed by atoms with van der Waals surface area (Å²) < 4.78 is 9.02. The molecule has 0 bridgehead atoms. The Morgan fingerprint density at radius 1 is 1.28 bits per heavy atom. The zero-order valence-electron chi connectivity index (χ0n) is 17.9. The molecule has 5 heterocycles. The molecule has 4 aromatic heterocycles. The molecular formula is C22H24N8O2. The molecule has 0 unspecified atom stereocenters. The first-order valence-electron chi connectivity index (χ1n) is 10.6. The third kappa shape index (κ3) is 3.80. The van der Waals surface area contributed by atoms with Crippen molar-refractivity contribution < 1.29 is 9.53 Å². The van der Waals surface area contributed by atoms with Crippen molar-refractivity contribution in [3.8, 4) is 22.4 Å². The highest BCUT2D eigenvalue weighted by atomic mass is 16.5. The van der Waals surface area contributed by atoms with E-state index in [0.29, 0.717) is 24.4 Å². The van der Waals surface area contributed by atoms with E-state index >= 15 is 0 Å². The normalized spacial score (nSPS) is 15.9. The molecule has 2 N–H and O–H groups in total. The number of anilines is 1. The number of carbonyl (C=O) groups excluding carboxylic acids is 1. The lowest BCUT2D eigenvalue weighted by Gasteiger charge is -2.15. The third-order valence-electron chi connectivity index (χ3n) is 5.40. The Hall–Kier alpha value is -3.79. The van der Waals surface area contributed by atoms with Crippen molar-refractivity contribution >= 4 is 17.4 Å². The van der Waals surface area contributed by atoms with Gasteiger partial charge in [-0.05, 0) is 25.5 Å². The number of aryl methyl sites for hydroxylation is 1.